The molecule has 5 rings (SSSR count). The molecule has 1 aliphatic carbocycles. The van der Waals surface area contributed by atoms with E-state index >= 15 is 0 Å². The summed E-state index contributed by atoms with van der Waals surface area (Å²) in [5.74, 6) is -0.151. The fourth-order valence-corrected chi connectivity index (χ4v) is 5.16. The third-order valence-corrected chi connectivity index (χ3v) is 7.41. The van der Waals surface area contributed by atoms with Crippen molar-refractivity contribution in [1.29, 1.82) is 0 Å². The molecule has 0 fully saturated rings. The van der Waals surface area contributed by atoms with Crippen molar-refractivity contribution in [3.8, 4) is 17.2 Å². The first-order valence-electron chi connectivity index (χ1n) is 13.4. The Morgan fingerprint density at radius 3 is 2.42 bits per heavy atom. The number of rotatable bonds is 10. The largest absolute Gasteiger partial charge is 0.573 e. The molecular weight excluding hydrogens is 589 g/mol. The van der Waals surface area contributed by atoms with Gasteiger partial charge < -0.3 is 29.2 Å². The molecule has 0 radical (unpaired) electrons. The van der Waals surface area contributed by atoms with Crippen molar-refractivity contribution >= 4 is 34.9 Å². The van der Waals surface area contributed by atoms with Crippen molar-refractivity contribution in [1.82, 2.24) is 0 Å². The van der Waals surface area contributed by atoms with Gasteiger partial charge in [-0.1, -0.05) is 35.9 Å². The summed E-state index contributed by atoms with van der Waals surface area (Å²) < 4.78 is 58.9. The standard InChI is InChI=1S/C31H28ClF3N2O6/c1-40-25-13-23(14-26(15-25)42-17-18-11-21(12-18)30(39)41-2)36-28(20-3-6-22(32)7-4-20)29(38)37-10-9-19-5-8-24(16-27(19)37)43-31(33,34)35/h3-8,11,13-16,18,28,36H,9-10,12,17H2,1-2H3. The van der Waals surface area contributed by atoms with Crippen LogP contribution in [0.5, 0.6) is 17.2 Å². The highest BCUT2D eigenvalue weighted by Crippen LogP contribution is 2.37. The van der Waals surface area contributed by atoms with Crippen LogP contribution < -0.4 is 24.4 Å². The Hall–Kier alpha value is -4.38. The number of hydrogen-bond acceptors (Lipinski definition) is 7. The predicted molar refractivity (Wildman–Crippen MR) is 154 cm³/mol. The number of carbonyl (C=O) groups is 2. The molecule has 12 heteroatoms. The molecular formula is C31H28ClF3N2O6. The molecule has 0 spiro atoms. The smallest absolute Gasteiger partial charge is 0.497 e. The Balaban J connectivity index is 1.40. The Kier molecular flexibility index (Phi) is 8.72. The number of methoxy groups -OCH3 is 2. The zero-order valence-electron chi connectivity index (χ0n) is 23.2. The molecule has 3 aromatic rings. The quantitative estimate of drug-likeness (QED) is 0.261. The monoisotopic (exact) mass is 616 g/mol. The van der Waals surface area contributed by atoms with E-state index in [1.54, 1.807) is 48.5 Å². The van der Waals surface area contributed by atoms with Crippen LogP contribution in [0.15, 0.2) is 72.3 Å². The van der Waals surface area contributed by atoms with E-state index in [1.165, 1.54) is 37.3 Å². The van der Waals surface area contributed by atoms with Crippen LogP contribution in [-0.2, 0) is 20.7 Å². The van der Waals surface area contributed by atoms with Crippen LogP contribution in [0.3, 0.4) is 0 Å². The number of halogens is 4. The first-order valence-corrected chi connectivity index (χ1v) is 13.7. The van der Waals surface area contributed by atoms with Crippen molar-refractivity contribution in [2.45, 2.75) is 25.2 Å². The summed E-state index contributed by atoms with van der Waals surface area (Å²) in [5, 5.41) is 3.74. The average Bonchev–Trinajstić information content (AvgIpc) is 3.37. The van der Waals surface area contributed by atoms with E-state index in [0.717, 1.165) is 5.56 Å². The maximum absolute atomic E-state index is 14.1. The second-order valence-electron chi connectivity index (χ2n) is 10.1. The predicted octanol–water partition coefficient (Wildman–Crippen LogP) is 6.49. The topological polar surface area (TPSA) is 86.3 Å². The molecule has 3 aromatic carbocycles. The highest BCUT2D eigenvalue weighted by atomic mass is 35.5. The third-order valence-electron chi connectivity index (χ3n) is 7.16. The van der Waals surface area contributed by atoms with Crippen molar-refractivity contribution in [3.63, 3.8) is 0 Å². The van der Waals surface area contributed by atoms with E-state index in [4.69, 9.17) is 25.8 Å². The molecule has 2 atom stereocenters. The number of carbonyl (C=O) groups excluding carboxylic acids is 2. The third kappa shape index (κ3) is 7.16. The van der Waals surface area contributed by atoms with Gasteiger partial charge in [-0.25, -0.2) is 4.79 Å². The van der Waals surface area contributed by atoms with Crippen LogP contribution in [0.25, 0.3) is 0 Å². The number of esters is 1. The minimum absolute atomic E-state index is 0.0431. The maximum atomic E-state index is 14.1. The number of ether oxygens (including phenoxy) is 4. The summed E-state index contributed by atoms with van der Waals surface area (Å²) in [6.45, 7) is 0.601. The van der Waals surface area contributed by atoms with Crippen molar-refractivity contribution in [2.24, 2.45) is 5.92 Å². The Bertz CT molecular complexity index is 1540. The Morgan fingerprint density at radius 2 is 1.74 bits per heavy atom. The second kappa shape index (κ2) is 12.5. The molecule has 1 heterocycles. The molecule has 2 aliphatic rings. The van der Waals surface area contributed by atoms with Gasteiger partial charge in [0.15, 0.2) is 0 Å². The number of nitrogens with zero attached hydrogens (tertiary/aromatic N) is 1. The van der Waals surface area contributed by atoms with Gasteiger partial charge in [-0.2, -0.15) is 0 Å². The first-order chi connectivity index (χ1) is 20.5. The minimum atomic E-state index is -4.86. The molecule has 1 aliphatic heterocycles. The first kappa shape index (κ1) is 30.1. The molecule has 0 saturated heterocycles. The molecule has 1 N–H and O–H groups in total. The zero-order chi connectivity index (χ0) is 30.7. The van der Waals surface area contributed by atoms with E-state index < -0.39 is 18.2 Å². The molecule has 1 amide bonds. The van der Waals surface area contributed by atoms with E-state index in [-0.39, 0.29) is 24.3 Å². The summed E-state index contributed by atoms with van der Waals surface area (Å²) in [6.07, 6.45) is -2.04. The van der Waals surface area contributed by atoms with Crippen LogP contribution in [0.1, 0.15) is 23.6 Å². The van der Waals surface area contributed by atoms with E-state index in [2.05, 4.69) is 10.1 Å². The lowest BCUT2D eigenvalue weighted by molar-refractivity contribution is -0.274. The molecule has 43 heavy (non-hydrogen) atoms. The number of alkyl halides is 3. The molecule has 8 nitrogen and oxygen atoms in total. The fraction of sp³-hybridized carbons (Fsp3) is 0.290. The normalized spacial score (nSPS) is 16.4. The molecule has 0 bridgehead atoms. The molecule has 2 unspecified atom stereocenters. The molecule has 226 valence electrons. The van der Waals surface area contributed by atoms with Crippen LogP contribution >= 0.6 is 11.6 Å². The van der Waals surface area contributed by atoms with Gasteiger partial charge >= 0.3 is 12.3 Å². The number of fused-ring (bicyclic) bond motifs is 1. The number of anilines is 2. The van der Waals surface area contributed by atoms with Gasteiger partial charge in [-0.15, -0.1) is 13.2 Å². The van der Waals surface area contributed by atoms with Crippen molar-refractivity contribution in [3.05, 3.63) is 88.5 Å². The summed E-state index contributed by atoms with van der Waals surface area (Å²) in [4.78, 5) is 27.1. The summed E-state index contributed by atoms with van der Waals surface area (Å²) in [7, 11) is 2.84. The van der Waals surface area contributed by atoms with Gasteiger partial charge in [0.25, 0.3) is 5.91 Å². The Labute approximate surface area is 250 Å². The van der Waals surface area contributed by atoms with Crippen molar-refractivity contribution in [2.75, 3.05) is 37.6 Å². The van der Waals surface area contributed by atoms with Crippen LogP contribution in [0.2, 0.25) is 5.02 Å². The molecule has 0 aromatic heterocycles. The number of amides is 1. The summed E-state index contributed by atoms with van der Waals surface area (Å²) in [5.41, 5.74) is 2.78. The van der Waals surface area contributed by atoms with Crippen LogP contribution in [0.4, 0.5) is 24.5 Å². The second-order valence-corrected chi connectivity index (χ2v) is 10.5. The van der Waals surface area contributed by atoms with Crippen LogP contribution in [-0.4, -0.2) is 45.6 Å². The lowest BCUT2D eigenvalue weighted by atomic mass is 9.87. The van der Waals surface area contributed by atoms with E-state index in [1.807, 2.05) is 0 Å². The fourth-order valence-electron chi connectivity index (χ4n) is 5.03. The van der Waals surface area contributed by atoms with Gasteiger partial charge in [0.2, 0.25) is 0 Å². The number of nitrogens with one attached hydrogen (secondary N) is 1. The maximum Gasteiger partial charge on any atom is 0.573 e. The van der Waals surface area contributed by atoms with Gasteiger partial charge in [-0.3, -0.25) is 4.79 Å². The van der Waals surface area contributed by atoms with E-state index in [0.29, 0.717) is 58.5 Å². The van der Waals surface area contributed by atoms with E-state index in [9.17, 15) is 22.8 Å². The highest BCUT2D eigenvalue weighted by Gasteiger charge is 2.35. The lowest BCUT2D eigenvalue weighted by Crippen LogP contribution is -2.37. The molecule has 0 saturated carbocycles. The number of benzene rings is 3. The van der Waals surface area contributed by atoms with Gasteiger partial charge in [0, 0.05) is 53.0 Å². The van der Waals surface area contributed by atoms with Gasteiger partial charge in [0.05, 0.1) is 26.5 Å². The van der Waals surface area contributed by atoms with Crippen molar-refractivity contribution < 1.29 is 41.7 Å². The average molecular weight is 617 g/mol. The lowest BCUT2D eigenvalue weighted by Gasteiger charge is -2.27. The van der Waals surface area contributed by atoms with Gasteiger partial charge in [0.1, 0.15) is 23.3 Å². The SMILES string of the molecule is COC(=O)C1=CC(COc2cc(NC(C(=O)N3CCc4ccc(OC(F)(F)F)cc43)c3ccc(Cl)cc3)cc(OC)c2)C1. The Morgan fingerprint density at radius 1 is 1.02 bits per heavy atom. The van der Waals surface area contributed by atoms with Crippen LogP contribution in [0, 0.1) is 5.92 Å². The summed E-state index contributed by atoms with van der Waals surface area (Å²) in [6, 6.07) is 14.9. The van der Waals surface area contributed by atoms with Gasteiger partial charge in [-0.05, 0) is 42.2 Å². The minimum Gasteiger partial charge on any atom is -0.497 e. The highest BCUT2D eigenvalue weighted by molar-refractivity contribution is 6.30. The number of hydrogen-bond donors (Lipinski definition) is 1. The zero-order valence-corrected chi connectivity index (χ0v) is 24.0. The summed E-state index contributed by atoms with van der Waals surface area (Å²) >= 11 is 6.11.